The molecule has 0 unspecified atom stereocenters. The number of sulfone groups is 1. The van der Waals surface area contributed by atoms with Crippen LogP contribution in [0.2, 0.25) is 0 Å². The molecular weight excluding hydrogens is 306 g/mol. The Hall–Kier alpha value is -1.45. The molecule has 112 valence electrons. The fraction of sp³-hybridized carbons (Fsp3) is 0.364. The zero-order valence-corrected chi connectivity index (χ0v) is 12.4. The number of carbonyl (C=O) groups is 1. The average Bonchev–Trinajstić information content (AvgIpc) is 2.33. The lowest BCUT2D eigenvalue weighted by Gasteiger charge is -2.08. The molecule has 0 heterocycles. The second kappa shape index (κ2) is 6.33. The topological polar surface area (TPSA) is 118 Å². The van der Waals surface area contributed by atoms with E-state index in [2.05, 4.69) is 4.72 Å². The molecule has 9 heteroatoms. The molecule has 1 aromatic rings. The third kappa shape index (κ3) is 4.91. The molecule has 0 amide bonds. The minimum Gasteiger partial charge on any atom is -0.478 e. The third-order valence-corrected chi connectivity index (χ3v) is 4.94. The maximum atomic E-state index is 12.0. The van der Waals surface area contributed by atoms with Gasteiger partial charge in [0.1, 0.15) is 9.84 Å². The molecule has 0 saturated heterocycles. The van der Waals surface area contributed by atoms with E-state index < -0.39 is 25.8 Å². The molecule has 0 aliphatic heterocycles. The van der Waals surface area contributed by atoms with Gasteiger partial charge < -0.3 is 5.11 Å². The lowest BCUT2D eigenvalue weighted by molar-refractivity contribution is 0.0692. The van der Waals surface area contributed by atoms with Crippen LogP contribution in [-0.4, -0.2) is 46.5 Å². The Kier molecular flexibility index (Phi) is 5.26. The Morgan fingerprint density at radius 2 is 1.80 bits per heavy atom. The summed E-state index contributed by atoms with van der Waals surface area (Å²) in [5, 5.41) is 8.94. The van der Waals surface area contributed by atoms with Gasteiger partial charge in [-0.1, -0.05) is 12.1 Å². The van der Waals surface area contributed by atoms with Crippen LogP contribution in [0.25, 0.3) is 0 Å². The van der Waals surface area contributed by atoms with E-state index in [9.17, 15) is 21.6 Å². The highest BCUT2D eigenvalue weighted by atomic mass is 32.2. The van der Waals surface area contributed by atoms with Gasteiger partial charge in [-0.05, 0) is 18.6 Å². The Balaban J connectivity index is 2.82. The van der Waals surface area contributed by atoms with Crippen LogP contribution in [0.5, 0.6) is 0 Å². The van der Waals surface area contributed by atoms with Crippen molar-refractivity contribution >= 4 is 25.8 Å². The molecular formula is C11H15NO6S2. The quantitative estimate of drug-likeness (QED) is 0.688. The van der Waals surface area contributed by atoms with Gasteiger partial charge in [-0.25, -0.2) is 26.4 Å². The van der Waals surface area contributed by atoms with Crippen LogP contribution < -0.4 is 4.72 Å². The molecule has 0 spiro atoms. The molecule has 0 atom stereocenters. The Morgan fingerprint density at radius 3 is 2.35 bits per heavy atom. The van der Waals surface area contributed by atoms with Gasteiger partial charge in [-0.2, -0.15) is 0 Å². The van der Waals surface area contributed by atoms with Gasteiger partial charge in [0, 0.05) is 12.8 Å². The van der Waals surface area contributed by atoms with E-state index in [1.165, 1.54) is 24.3 Å². The van der Waals surface area contributed by atoms with Crippen LogP contribution in [0, 0.1) is 0 Å². The van der Waals surface area contributed by atoms with E-state index in [4.69, 9.17) is 5.11 Å². The van der Waals surface area contributed by atoms with Gasteiger partial charge in [-0.15, -0.1) is 0 Å². The first-order valence-electron chi connectivity index (χ1n) is 5.63. The molecule has 1 aromatic carbocycles. The minimum atomic E-state index is -3.98. The SMILES string of the molecule is CS(=O)(=O)CCCNS(=O)(=O)c1ccccc1C(=O)O. The van der Waals surface area contributed by atoms with E-state index >= 15 is 0 Å². The normalized spacial score (nSPS) is 12.2. The maximum absolute atomic E-state index is 12.0. The van der Waals surface area contributed by atoms with Gasteiger partial charge in [0.05, 0.1) is 16.2 Å². The monoisotopic (exact) mass is 321 g/mol. The van der Waals surface area contributed by atoms with Crippen molar-refractivity contribution in [3.05, 3.63) is 29.8 Å². The number of hydrogen-bond acceptors (Lipinski definition) is 5. The van der Waals surface area contributed by atoms with E-state index in [-0.39, 0.29) is 29.2 Å². The standard InChI is InChI=1S/C11H15NO6S2/c1-19(15,16)8-4-7-12-20(17,18)10-6-3-2-5-9(10)11(13)14/h2-3,5-6,12H,4,7-8H2,1H3,(H,13,14). The zero-order valence-electron chi connectivity index (χ0n) is 10.7. The first-order valence-corrected chi connectivity index (χ1v) is 9.17. The molecule has 0 aromatic heterocycles. The van der Waals surface area contributed by atoms with Crippen molar-refractivity contribution in [3.63, 3.8) is 0 Å². The smallest absolute Gasteiger partial charge is 0.337 e. The third-order valence-electron chi connectivity index (χ3n) is 2.39. The first kappa shape index (κ1) is 16.6. The van der Waals surface area contributed by atoms with Gasteiger partial charge in [0.2, 0.25) is 10.0 Å². The van der Waals surface area contributed by atoms with Crippen molar-refractivity contribution in [1.29, 1.82) is 0 Å². The molecule has 0 saturated carbocycles. The van der Waals surface area contributed by atoms with Crippen LogP contribution in [0.4, 0.5) is 0 Å². The molecule has 1 rings (SSSR count). The Bertz CT molecular complexity index is 693. The van der Waals surface area contributed by atoms with Crippen LogP contribution in [0.1, 0.15) is 16.8 Å². The highest BCUT2D eigenvalue weighted by Crippen LogP contribution is 2.15. The summed E-state index contributed by atoms with van der Waals surface area (Å²) in [5.41, 5.74) is -0.330. The summed E-state index contributed by atoms with van der Waals surface area (Å²) in [6, 6.07) is 5.21. The summed E-state index contributed by atoms with van der Waals surface area (Å²) in [7, 11) is -7.14. The van der Waals surface area contributed by atoms with Crippen LogP contribution in [0.15, 0.2) is 29.2 Å². The molecule has 20 heavy (non-hydrogen) atoms. The van der Waals surface area contributed by atoms with Gasteiger partial charge in [0.25, 0.3) is 0 Å². The predicted octanol–water partition coefficient (Wildman–Crippen LogP) is 0.0978. The summed E-state index contributed by atoms with van der Waals surface area (Å²) in [6.07, 6.45) is 1.18. The number of carboxylic acids is 1. The summed E-state index contributed by atoms with van der Waals surface area (Å²) in [4.78, 5) is 10.6. The van der Waals surface area contributed by atoms with E-state index in [0.717, 1.165) is 6.26 Å². The second-order valence-electron chi connectivity index (χ2n) is 4.18. The molecule has 0 fully saturated rings. The molecule has 7 nitrogen and oxygen atoms in total. The van der Waals surface area contributed by atoms with Crippen molar-refractivity contribution < 1.29 is 26.7 Å². The number of carboxylic acid groups (broad SMARTS) is 1. The molecule has 0 aliphatic carbocycles. The molecule has 0 aliphatic rings. The average molecular weight is 321 g/mol. The summed E-state index contributed by atoms with van der Waals surface area (Å²) < 4.78 is 47.9. The highest BCUT2D eigenvalue weighted by Gasteiger charge is 2.21. The van der Waals surface area contributed by atoms with E-state index in [1.807, 2.05) is 0 Å². The summed E-state index contributed by atoms with van der Waals surface area (Å²) in [5.74, 6) is -1.49. The molecule has 0 bridgehead atoms. The Morgan fingerprint density at radius 1 is 1.20 bits per heavy atom. The fourth-order valence-electron chi connectivity index (χ4n) is 1.50. The summed E-state index contributed by atoms with van der Waals surface area (Å²) in [6.45, 7) is -0.0800. The van der Waals surface area contributed by atoms with Crippen LogP contribution in [0.3, 0.4) is 0 Å². The lowest BCUT2D eigenvalue weighted by atomic mass is 10.2. The number of sulfonamides is 1. The van der Waals surface area contributed by atoms with Crippen molar-refractivity contribution in [2.24, 2.45) is 0 Å². The number of benzene rings is 1. The zero-order chi connectivity index (χ0) is 15.4. The Labute approximate surface area is 117 Å². The van der Waals surface area contributed by atoms with Crippen LogP contribution in [-0.2, 0) is 19.9 Å². The van der Waals surface area contributed by atoms with Crippen LogP contribution >= 0.6 is 0 Å². The van der Waals surface area contributed by atoms with E-state index in [1.54, 1.807) is 0 Å². The minimum absolute atomic E-state index is 0.0800. The number of aromatic carboxylic acids is 1. The lowest BCUT2D eigenvalue weighted by Crippen LogP contribution is -2.27. The van der Waals surface area contributed by atoms with Crippen molar-refractivity contribution in [2.75, 3.05) is 18.6 Å². The van der Waals surface area contributed by atoms with Gasteiger partial charge >= 0.3 is 5.97 Å². The maximum Gasteiger partial charge on any atom is 0.337 e. The molecule has 0 radical (unpaired) electrons. The van der Waals surface area contributed by atoms with Gasteiger partial charge in [0.15, 0.2) is 0 Å². The fourth-order valence-corrected chi connectivity index (χ4v) is 3.44. The van der Waals surface area contributed by atoms with Crippen molar-refractivity contribution in [2.45, 2.75) is 11.3 Å². The second-order valence-corrected chi connectivity index (χ2v) is 8.18. The number of hydrogen-bond donors (Lipinski definition) is 2. The first-order chi connectivity index (χ1) is 9.13. The van der Waals surface area contributed by atoms with Crippen molar-refractivity contribution in [3.8, 4) is 0 Å². The highest BCUT2D eigenvalue weighted by molar-refractivity contribution is 7.90. The number of nitrogens with one attached hydrogen (secondary N) is 1. The van der Waals surface area contributed by atoms with Crippen molar-refractivity contribution in [1.82, 2.24) is 4.72 Å². The largest absolute Gasteiger partial charge is 0.478 e. The summed E-state index contributed by atoms with van der Waals surface area (Å²) >= 11 is 0. The van der Waals surface area contributed by atoms with E-state index in [0.29, 0.717) is 0 Å². The number of rotatable bonds is 7. The van der Waals surface area contributed by atoms with Gasteiger partial charge in [-0.3, -0.25) is 0 Å². The molecule has 2 N–H and O–H groups in total. The predicted molar refractivity (Wildman–Crippen MR) is 72.9 cm³/mol.